The summed E-state index contributed by atoms with van der Waals surface area (Å²) in [6.45, 7) is -0.427. The highest BCUT2D eigenvalue weighted by molar-refractivity contribution is 9.10. The predicted octanol–water partition coefficient (Wildman–Crippen LogP) is 4.53. The third kappa shape index (κ3) is 10.4. The molecule has 4 atom stereocenters. The van der Waals surface area contributed by atoms with Crippen molar-refractivity contribution < 1.29 is 49.8 Å². The molecule has 0 saturated carbocycles. The van der Waals surface area contributed by atoms with Crippen molar-refractivity contribution in [1.29, 1.82) is 0 Å². The number of aliphatic hydroxyl groups is 3. The van der Waals surface area contributed by atoms with E-state index in [4.69, 9.17) is 25.2 Å². The maximum absolute atomic E-state index is 12.5. The fraction of sp³-hybridized carbons (Fsp3) is 0.143. The maximum atomic E-state index is 12.5. The van der Waals surface area contributed by atoms with Gasteiger partial charge in [-0.15, -0.1) is 0 Å². The van der Waals surface area contributed by atoms with E-state index in [1.54, 1.807) is 109 Å². The zero-order valence-electron chi connectivity index (χ0n) is 25.1. The summed E-state index contributed by atoms with van der Waals surface area (Å²) >= 11 is 3.34. The van der Waals surface area contributed by atoms with Gasteiger partial charge in [-0.3, -0.25) is 9.36 Å². The van der Waals surface area contributed by atoms with Crippen molar-refractivity contribution in [1.82, 2.24) is 4.57 Å². The van der Waals surface area contributed by atoms with Gasteiger partial charge in [-0.25, -0.2) is 14.4 Å². The molecule has 5 aromatic rings. The number of aromatic nitrogens is 1. The second-order valence-corrected chi connectivity index (χ2v) is 10.9. The number of benzene rings is 4. The number of aromatic carboxylic acids is 3. The quantitative estimate of drug-likeness (QED) is 0.149. The van der Waals surface area contributed by atoms with E-state index < -0.39 is 49.1 Å². The van der Waals surface area contributed by atoms with Crippen molar-refractivity contribution in [3.8, 4) is 0 Å². The number of carboxylic acid groups (broad SMARTS) is 3. The summed E-state index contributed by atoms with van der Waals surface area (Å²) in [6.07, 6.45) is -2.91. The van der Waals surface area contributed by atoms with Crippen molar-refractivity contribution in [2.75, 3.05) is 6.61 Å². The third-order valence-electron chi connectivity index (χ3n) is 6.75. The highest BCUT2D eigenvalue weighted by Gasteiger charge is 2.43. The van der Waals surface area contributed by atoms with Gasteiger partial charge in [0.15, 0.2) is 6.23 Å². The number of rotatable bonds is 5. The van der Waals surface area contributed by atoms with Gasteiger partial charge in [-0.2, -0.15) is 0 Å². The number of fused-ring (bicyclic) bond motifs is 1. The molecule has 1 fully saturated rings. The summed E-state index contributed by atoms with van der Waals surface area (Å²) in [5, 5.41) is 55.3. The van der Waals surface area contributed by atoms with Crippen molar-refractivity contribution >= 4 is 44.6 Å². The predicted molar refractivity (Wildman–Crippen MR) is 179 cm³/mol. The van der Waals surface area contributed by atoms with Crippen LogP contribution in [0.1, 0.15) is 37.3 Å². The van der Waals surface area contributed by atoms with Crippen LogP contribution in [0.3, 0.4) is 0 Å². The number of aliphatic hydroxyl groups excluding tert-OH is 3. The number of ether oxygens (including phenoxy) is 1. The minimum absolute atomic E-state index is 0.324. The van der Waals surface area contributed by atoms with E-state index in [1.165, 1.54) is 10.8 Å². The normalized spacial score (nSPS) is 17.8. The Morgan fingerprint density at radius 2 is 1.10 bits per heavy atom. The molecule has 6 N–H and O–H groups in total. The summed E-state index contributed by atoms with van der Waals surface area (Å²) < 4.78 is 7.48. The Labute approximate surface area is 282 Å². The zero-order valence-corrected chi connectivity index (χ0v) is 26.7. The van der Waals surface area contributed by atoms with Crippen molar-refractivity contribution in [3.63, 3.8) is 0 Å². The smallest absolute Gasteiger partial charge is 0.335 e. The fourth-order valence-electron chi connectivity index (χ4n) is 4.29. The van der Waals surface area contributed by atoms with Gasteiger partial charge in [0.25, 0.3) is 5.56 Å². The second-order valence-electron chi connectivity index (χ2n) is 10.0. The van der Waals surface area contributed by atoms with Gasteiger partial charge in [-0.1, -0.05) is 70.5 Å². The minimum atomic E-state index is -1.27. The summed E-state index contributed by atoms with van der Waals surface area (Å²) in [7, 11) is 0. The Kier molecular flexibility index (Phi) is 14.2. The molecule has 1 aliphatic heterocycles. The molecule has 0 aliphatic carbocycles. The first-order valence-electron chi connectivity index (χ1n) is 14.2. The highest BCUT2D eigenvalue weighted by Crippen LogP contribution is 2.29. The molecular formula is C35H32BrNO11. The van der Waals surface area contributed by atoms with Crippen molar-refractivity contribution in [2.24, 2.45) is 0 Å². The van der Waals surface area contributed by atoms with E-state index in [1.807, 2.05) is 6.07 Å². The van der Waals surface area contributed by atoms with Crippen LogP contribution in [0.5, 0.6) is 0 Å². The Morgan fingerprint density at radius 3 is 1.46 bits per heavy atom. The number of nitrogens with zero attached hydrogens (tertiary/aromatic N) is 1. The maximum Gasteiger partial charge on any atom is 0.335 e. The number of carbonyl (C=O) groups is 3. The Morgan fingerprint density at radius 1 is 0.667 bits per heavy atom. The first kappa shape index (κ1) is 37.3. The average molecular weight is 723 g/mol. The van der Waals surface area contributed by atoms with Gasteiger partial charge >= 0.3 is 17.9 Å². The summed E-state index contributed by atoms with van der Waals surface area (Å²) in [6, 6.07) is 31.9. The molecule has 0 radical (unpaired) electrons. The lowest BCUT2D eigenvalue weighted by Gasteiger charge is -2.18. The molecule has 1 saturated heterocycles. The van der Waals surface area contributed by atoms with Crippen molar-refractivity contribution in [2.45, 2.75) is 24.5 Å². The van der Waals surface area contributed by atoms with Crippen LogP contribution in [0.25, 0.3) is 10.8 Å². The SMILES string of the molecule is O=C(O)c1ccccc1.O=C(O)c1ccccc1.O=C(O)c1ccccc1.O=c1c2ccc(Br)cc2ccn1[C@@H]1O[C@H](CO)[C@@H](O)[C@H]1O. The third-order valence-corrected chi connectivity index (χ3v) is 7.24. The first-order valence-corrected chi connectivity index (χ1v) is 15.0. The molecule has 12 nitrogen and oxygen atoms in total. The number of hydrogen-bond acceptors (Lipinski definition) is 8. The minimum Gasteiger partial charge on any atom is -0.478 e. The molecule has 6 rings (SSSR count). The topological polar surface area (TPSA) is 204 Å². The molecule has 0 unspecified atom stereocenters. The van der Waals surface area contributed by atoms with E-state index >= 15 is 0 Å². The van der Waals surface area contributed by atoms with E-state index in [0.717, 1.165) is 9.86 Å². The first-order chi connectivity index (χ1) is 22.9. The Balaban J connectivity index is 0.000000193. The molecule has 13 heteroatoms. The van der Waals surface area contributed by atoms with Crippen LogP contribution in [0.4, 0.5) is 0 Å². The van der Waals surface area contributed by atoms with Gasteiger partial charge in [0.05, 0.1) is 23.3 Å². The lowest BCUT2D eigenvalue weighted by molar-refractivity contribution is -0.0541. The van der Waals surface area contributed by atoms with Crippen molar-refractivity contribution in [3.05, 3.63) is 153 Å². The largest absolute Gasteiger partial charge is 0.478 e. The Bertz CT molecular complexity index is 1730. The molecule has 2 heterocycles. The number of hydrogen-bond donors (Lipinski definition) is 6. The summed E-state index contributed by atoms with van der Waals surface area (Å²) in [5.41, 5.74) is 0.669. The molecule has 1 aliphatic rings. The second kappa shape index (κ2) is 18.2. The number of pyridine rings is 1. The van der Waals surface area contributed by atoms with Crippen LogP contribution in [0, 0.1) is 0 Å². The van der Waals surface area contributed by atoms with Gasteiger partial charge in [-0.05, 0) is 66.0 Å². The standard InChI is InChI=1S/C14H14BrNO5.3C7H6O2/c15-8-1-2-9-7(5-8)3-4-16(13(9)20)14-12(19)11(18)10(6-17)21-14;3*8-7(9)6-4-2-1-3-5-6/h1-5,10-12,14,17-19H,6H2;3*1-5H,(H,8,9)/t10-,11-,12-,14-;;;/m1.../s1. The summed E-state index contributed by atoms with van der Waals surface area (Å²) in [5.74, 6) is -2.64. The molecule has 4 aromatic carbocycles. The van der Waals surface area contributed by atoms with E-state index in [-0.39, 0.29) is 5.56 Å². The van der Waals surface area contributed by atoms with Crippen LogP contribution in [-0.4, -0.2) is 78.0 Å². The van der Waals surface area contributed by atoms with Gasteiger partial charge in [0.1, 0.15) is 18.3 Å². The Hall–Kier alpha value is -5.18. The fourth-order valence-corrected chi connectivity index (χ4v) is 4.66. The van der Waals surface area contributed by atoms with E-state index in [9.17, 15) is 29.4 Å². The molecule has 0 spiro atoms. The lowest BCUT2D eigenvalue weighted by Crippen LogP contribution is -2.35. The van der Waals surface area contributed by atoms with Gasteiger partial charge in [0.2, 0.25) is 0 Å². The van der Waals surface area contributed by atoms with Crippen LogP contribution in [-0.2, 0) is 4.74 Å². The monoisotopic (exact) mass is 721 g/mol. The molecule has 1 aromatic heterocycles. The van der Waals surface area contributed by atoms with Crippen LogP contribution < -0.4 is 5.56 Å². The van der Waals surface area contributed by atoms with Gasteiger partial charge < -0.3 is 35.4 Å². The van der Waals surface area contributed by atoms with Crippen LogP contribution in [0.15, 0.2) is 131 Å². The molecule has 0 bridgehead atoms. The highest BCUT2D eigenvalue weighted by atomic mass is 79.9. The number of halogens is 1. The molecule has 0 amide bonds. The average Bonchev–Trinajstić information content (AvgIpc) is 3.39. The van der Waals surface area contributed by atoms with Crippen LogP contribution in [0.2, 0.25) is 0 Å². The van der Waals surface area contributed by atoms with Crippen LogP contribution >= 0.6 is 15.9 Å². The summed E-state index contributed by atoms with van der Waals surface area (Å²) in [4.78, 5) is 43.1. The molecule has 250 valence electrons. The van der Waals surface area contributed by atoms with E-state index in [0.29, 0.717) is 22.1 Å². The zero-order chi connectivity index (χ0) is 35.2. The van der Waals surface area contributed by atoms with E-state index in [2.05, 4.69) is 15.9 Å². The molecule has 48 heavy (non-hydrogen) atoms. The van der Waals surface area contributed by atoms with Gasteiger partial charge in [0, 0.05) is 16.1 Å². The lowest BCUT2D eigenvalue weighted by atomic mass is 10.1. The molecular weight excluding hydrogens is 690 g/mol. The number of carboxylic acids is 3.